The lowest BCUT2D eigenvalue weighted by Gasteiger charge is -2.39. The molecule has 1 saturated heterocycles. The van der Waals surface area contributed by atoms with Crippen molar-refractivity contribution < 1.29 is 23.7 Å². The number of rotatable bonds is 5. The minimum atomic E-state index is -0.638. The SMILES string of the molecule is CC1(C)CC(=O)C2=C(C1)Nc1ccccc1N(CC(=O)N1CCN(C(=O)c3ccco3)CC1)C2c1ccc([N+](=O)[O-])cc1. The number of benzene rings is 2. The maximum absolute atomic E-state index is 13.9. The molecule has 3 aliphatic rings. The largest absolute Gasteiger partial charge is 0.459 e. The normalized spacial score (nSPS) is 19.7. The number of Topliss-reactive ketones (excluding diaryl/α,β-unsaturated/α-hetero) is 1. The Morgan fingerprint density at radius 3 is 2.35 bits per heavy atom. The molecule has 1 unspecified atom stereocenters. The van der Waals surface area contributed by atoms with Crippen molar-refractivity contribution in [2.24, 2.45) is 5.41 Å². The molecule has 2 aromatic carbocycles. The number of fused-ring (bicyclic) bond motifs is 1. The van der Waals surface area contributed by atoms with Crippen LogP contribution in [-0.4, -0.2) is 65.0 Å². The van der Waals surface area contributed by atoms with Gasteiger partial charge in [-0.2, -0.15) is 0 Å². The second-order valence-electron chi connectivity index (χ2n) is 12.0. The number of nitro groups is 1. The van der Waals surface area contributed by atoms with Crippen molar-refractivity contribution >= 4 is 34.7 Å². The van der Waals surface area contributed by atoms with Crippen LogP contribution < -0.4 is 10.2 Å². The number of para-hydroxylation sites is 2. The summed E-state index contributed by atoms with van der Waals surface area (Å²) in [6.45, 7) is 5.57. The van der Waals surface area contributed by atoms with Gasteiger partial charge in [-0.25, -0.2) is 0 Å². The third-order valence-corrected chi connectivity index (χ3v) is 8.38. The van der Waals surface area contributed by atoms with Gasteiger partial charge in [0.25, 0.3) is 11.6 Å². The van der Waals surface area contributed by atoms with Gasteiger partial charge in [0.2, 0.25) is 5.91 Å². The van der Waals surface area contributed by atoms with Gasteiger partial charge in [-0.05, 0) is 53.8 Å². The van der Waals surface area contributed by atoms with Crippen molar-refractivity contribution in [2.75, 3.05) is 42.9 Å². The molecule has 0 radical (unpaired) electrons. The average Bonchev–Trinajstić information content (AvgIpc) is 3.49. The number of anilines is 2. The van der Waals surface area contributed by atoms with Crippen LogP contribution in [0.5, 0.6) is 0 Å². The molecule has 43 heavy (non-hydrogen) atoms. The highest BCUT2D eigenvalue weighted by Crippen LogP contribution is 2.48. The van der Waals surface area contributed by atoms with Gasteiger partial charge in [-0.1, -0.05) is 26.0 Å². The van der Waals surface area contributed by atoms with E-state index in [9.17, 15) is 24.5 Å². The highest BCUT2D eigenvalue weighted by Gasteiger charge is 2.42. The number of allylic oxidation sites excluding steroid dienone is 1. The average molecular weight is 584 g/mol. The minimum Gasteiger partial charge on any atom is -0.459 e. The van der Waals surface area contributed by atoms with Gasteiger partial charge in [-0.15, -0.1) is 0 Å². The number of nitrogens with one attached hydrogen (secondary N) is 1. The zero-order valence-corrected chi connectivity index (χ0v) is 24.1. The second-order valence-corrected chi connectivity index (χ2v) is 12.0. The Morgan fingerprint density at radius 1 is 0.977 bits per heavy atom. The number of carbonyl (C=O) groups excluding carboxylic acids is 3. The van der Waals surface area contributed by atoms with E-state index in [0.29, 0.717) is 50.2 Å². The van der Waals surface area contributed by atoms with Gasteiger partial charge in [0.1, 0.15) is 0 Å². The molecule has 11 nitrogen and oxygen atoms in total. The molecule has 1 fully saturated rings. The fourth-order valence-corrected chi connectivity index (χ4v) is 6.31. The molecule has 2 aliphatic heterocycles. The predicted molar refractivity (Wildman–Crippen MR) is 159 cm³/mol. The standard InChI is InChI=1S/C32H33N5O6/c1-32(2)18-24-29(26(38)19-32)30(21-9-11-22(12-10-21)37(41)42)36(25-7-4-3-6-23(25)33-24)20-28(39)34-13-15-35(16-14-34)31(40)27-8-5-17-43-27/h3-12,17,30,33H,13-16,18-20H2,1-2H3. The van der Waals surface area contributed by atoms with Crippen LogP contribution in [0.15, 0.2) is 82.6 Å². The number of furan rings is 1. The first kappa shape index (κ1) is 28.2. The lowest BCUT2D eigenvalue weighted by atomic mass is 9.73. The number of amides is 2. The number of carbonyl (C=O) groups is 3. The molecule has 3 heterocycles. The summed E-state index contributed by atoms with van der Waals surface area (Å²) in [4.78, 5) is 56.8. The highest BCUT2D eigenvalue weighted by molar-refractivity contribution is 6.02. The molecular formula is C32H33N5O6. The van der Waals surface area contributed by atoms with Crippen LogP contribution in [0, 0.1) is 15.5 Å². The maximum Gasteiger partial charge on any atom is 0.289 e. The smallest absolute Gasteiger partial charge is 0.289 e. The fraction of sp³-hybridized carbons (Fsp3) is 0.344. The zero-order valence-electron chi connectivity index (χ0n) is 24.1. The molecule has 1 atom stereocenters. The lowest BCUT2D eigenvalue weighted by Crippen LogP contribution is -2.53. The molecule has 2 amide bonds. The summed E-state index contributed by atoms with van der Waals surface area (Å²) >= 11 is 0. The fourth-order valence-electron chi connectivity index (χ4n) is 6.31. The van der Waals surface area contributed by atoms with Crippen molar-refractivity contribution in [3.05, 3.63) is 99.6 Å². The summed E-state index contributed by atoms with van der Waals surface area (Å²) in [6, 6.07) is 16.5. The Hall–Kier alpha value is -4.93. The van der Waals surface area contributed by atoms with E-state index in [1.54, 1.807) is 34.1 Å². The van der Waals surface area contributed by atoms with Crippen LogP contribution in [0.3, 0.4) is 0 Å². The van der Waals surface area contributed by atoms with Gasteiger partial charge in [0.05, 0.1) is 35.1 Å². The lowest BCUT2D eigenvalue weighted by molar-refractivity contribution is -0.384. The van der Waals surface area contributed by atoms with E-state index in [1.165, 1.54) is 18.4 Å². The molecule has 6 rings (SSSR count). The topological polar surface area (TPSA) is 129 Å². The van der Waals surface area contributed by atoms with Crippen molar-refractivity contribution in [2.45, 2.75) is 32.7 Å². The monoisotopic (exact) mass is 583 g/mol. The number of hydrogen-bond acceptors (Lipinski definition) is 8. The molecule has 0 saturated carbocycles. The predicted octanol–water partition coefficient (Wildman–Crippen LogP) is 4.79. The first-order valence-corrected chi connectivity index (χ1v) is 14.4. The zero-order chi connectivity index (χ0) is 30.3. The van der Waals surface area contributed by atoms with E-state index in [-0.39, 0.29) is 41.0 Å². The summed E-state index contributed by atoms with van der Waals surface area (Å²) in [6.07, 6.45) is 2.45. The van der Waals surface area contributed by atoms with Gasteiger partial charge < -0.3 is 24.4 Å². The number of piperazine rings is 1. The number of nitrogens with zero attached hydrogens (tertiary/aromatic N) is 4. The van der Waals surface area contributed by atoms with Gasteiger partial charge >= 0.3 is 0 Å². The number of hydrogen-bond donors (Lipinski definition) is 1. The van der Waals surface area contributed by atoms with Crippen LogP contribution in [0.2, 0.25) is 0 Å². The first-order chi connectivity index (χ1) is 20.6. The summed E-state index contributed by atoms with van der Waals surface area (Å²) in [5.41, 5.74) is 3.30. The molecular weight excluding hydrogens is 550 g/mol. The number of nitro benzene ring substituents is 1. The Labute approximate surface area is 248 Å². The Bertz CT molecular complexity index is 1600. The van der Waals surface area contributed by atoms with E-state index in [1.807, 2.05) is 29.2 Å². The van der Waals surface area contributed by atoms with E-state index in [2.05, 4.69) is 19.2 Å². The van der Waals surface area contributed by atoms with Gasteiger partial charge in [-0.3, -0.25) is 24.5 Å². The van der Waals surface area contributed by atoms with E-state index >= 15 is 0 Å². The van der Waals surface area contributed by atoms with E-state index < -0.39 is 11.0 Å². The number of ketones is 1. The van der Waals surface area contributed by atoms with Crippen molar-refractivity contribution in [3.8, 4) is 0 Å². The summed E-state index contributed by atoms with van der Waals surface area (Å²) < 4.78 is 5.25. The van der Waals surface area contributed by atoms with E-state index in [0.717, 1.165) is 17.1 Å². The minimum absolute atomic E-state index is 0.0163. The Kier molecular flexibility index (Phi) is 7.25. The third-order valence-electron chi connectivity index (χ3n) is 8.38. The van der Waals surface area contributed by atoms with Crippen LogP contribution in [0.1, 0.15) is 48.8 Å². The summed E-state index contributed by atoms with van der Waals surface area (Å²) in [5.74, 6) is -0.0956. The molecule has 0 bridgehead atoms. The maximum atomic E-state index is 13.9. The number of non-ortho nitro benzene ring substituents is 1. The molecule has 0 spiro atoms. The van der Waals surface area contributed by atoms with Crippen LogP contribution in [0.25, 0.3) is 0 Å². The first-order valence-electron chi connectivity index (χ1n) is 14.4. The van der Waals surface area contributed by atoms with Crippen LogP contribution in [-0.2, 0) is 9.59 Å². The highest BCUT2D eigenvalue weighted by atomic mass is 16.6. The van der Waals surface area contributed by atoms with Crippen molar-refractivity contribution in [3.63, 3.8) is 0 Å². The Morgan fingerprint density at radius 2 is 1.67 bits per heavy atom. The van der Waals surface area contributed by atoms with Crippen molar-refractivity contribution in [1.29, 1.82) is 0 Å². The second kappa shape index (κ2) is 11.0. The quantitative estimate of drug-likeness (QED) is 0.335. The summed E-state index contributed by atoms with van der Waals surface area (Å²) in [7, 11) is 0. The van der Waals surface area contributed by atoms with Crippen LogP contribution >= 0.6 is 0 Å². The van der Waals surface area contributed by atoms with E-state index in [4.69, 9.17) is 4.42 Å². The molecule has 3 aromatic rings. The summed E-state index contributed by atoms with van der Waals surface area (Å²) in [5, 5.41) is 14.9. The molecule has 1 aliphatic carbocycles. The molecule has 1 aromatic heterocycles. The molecule has 11 heteroatoms. The van der Waals surface area contributed by atoms with Crippen LogP contribution in [0.4, 0.5) is 17.1 Å². The molecule has 222 valence electrons. The Balaban J connectivity index is 1.35. The van der Waals surface area contributed by atoms with Gasteiger partial charge in [0, 0.05) is 56.0 Å². The molecule has 1 N–H and O–H groups in total. The van der Waals surface area contributed by atoms with Gasteiger partial charge in [0.15, 0.2) is 11.5 Å². The van der Waals surface area contributed by atoms with Crippen molar-refractivity contribution in [1.82, 2.24) is 9.80 Å². The third kappa shape index (κ3) is 5.50.